The van der Waals surface area contributed by atoms with Crippen LogP contribution in [0.4, 0.5) is 14.4 Å². The van der Waals surface area contributed by atoms with E-state index in [1.165, 1.54) is 45.5 Å². The number of phenolic OH excluding ortho intramolecular Hbond substituents is 1. The maximum absolute atomic E-state index is 15.0. The Morgan fingerprint density at radius 3 is 1.95 bits per heavy atom. The summed E-state index contributed by atoms with van der Waals surface area (Å²) in [6, 6.07) is 4.21. The number of likely N-dealkylation sites (N-methyl/N-ethyl adjacent to an activating group) is 1. The van der Waals surface area contributed by atoms with E-state index in [4.69, 9.17) is 14.6 Å². The molecule has 1 fully saturated rings. The molecule has 1 saturated heterocycles. The van der Waals surface area contributed by atoms with Gasteiger partial charge >= 0.3 is 48.0 Å². The van der Waals surface area contributed by atoms with Gasteiger partial charge in [-0.1, -0.05) is 131 Å². The van der Waals surface area contributed by atoms with Gasteiger partial charge in [0.25, 0.3) is 0 Å². The molecule has 2 aliphatic heterocycles. The van der Waals surface area contributed by atoms with Crippen molar-refractivity contribution >= 4 is 117 Å². The minimum Gasteiger partial charge on any atom is -0.508 e. The number of piperidine rings is 1. The second-order valence-corrected chi connectivity index (χ2v) is 32.5. The molecule has 2 heterocycles. The average molecular weight is 1640 g/mol. The number of unbranched alkanes of at least 4 members (excludes halogenated alkanes) is 1. The molecule has 11 amide bonds. The summed E-state index contributed by atoms with van der Waals surface area (Å²) >= 11 is 1.45. The van der Waals surface area contributed by atoms with Crippen LogP contribution in [0.15, 0.2) is 76.1 Å². The number of nitrogens with one attached hydrogen (secondary N) is 10. The third-order valence-corrected chi connectivity index (χ3v) is 23.2. The van der Waals surface area contributed by atoms with Crippen LogP contribution >= 0.6 is 33.3 Å². The second-order valence-electron chi connectivity index (χ2n) is 29.0. The highest BCUT2D eigenvalue weighted by molar-refractivity contribution is 8.76. The van der Waals surface area contributed by atoms with E-state index in [0.717, 1.165) is 35.4 Å². The molecule has 0 saturated carbocycles. The highest BCUT2D eigenvalue weighted by Crippen LogP contribution is 2.39. The number of hydrazine groups is 1. The third-order valence-electron chi connectivity index (χ3n) is 19.3. The van der Waals surface area contributed by atoms with Gasteiger partial charge in [0.2, 0.25) is 35.4 Å². The van der Waals surface area contributed by atoms with E-state index in [1.54, 1.807) is 61.2 Å². The molecule has 2 aromatic rings. The number of likely N-dealkylation sites (tertiary alicyclic amines) is 1. The number of hydrogen-bond acceptors (Lipinski definition) is 21. The molecule has 628 valence electrons. The fourth-order valence-electron chi connectivity index (χ4n) is 12.6. The SMILES string of the molecule is CCCC(=O)OCN(C(=O)C(NC(=O)C1CCCCN1C)C(C)CC)C(CC(C)C1=C(C)CCC(C(=O)NC(Cc2ccc(O)cc2)CC(C)C(=O)NNC(=O)OCCSSCC(C)NC(=O)C(Cc2ccccc2)NC(=O)C(CC(=O)O)NC(=O)NCCCCC(NC(=O)NC(CCC(=O)O)C(=O)O)C(=O)O)=CS1)C(C)C. The van der Waals surface area contributed by atoms with Crippen molar-refractivity contribution in [2.45, 2.75) is 232 Å². The Labute approximate surface area is 672 Å². The largest absolute Gasteiger partial charge is 0.508 e. The minimum atomic E-state index is -1.67. The number of amides is 11. The van der Waals surface area contributed by atoms with Gasteiger partial charge in [-0.2, -0.15) is 0 Å². The van der Waals surface area contributed by atoms with Crippen molar-refractivity contribution in [3.63, 3.8) is 0 Å². The number of aliphatic carboxylic acids is 4. The van der Waals surface area contributed by atoms with Gasteiger partial charge in [0.15, 0.2) is 6.73 Å². The first-order valence-corrected chi connectivity index (χ1v) is 41.7. The molecule has 0 aromatic heterocycles. The third kappa shape index (κ3) is 35.7. The number of carboxylic acid groups (broad SMARTS) is 4. The number of allylic oxidation sites excluding steroid dienone is 2. The van der Waals surface area contributed by atoms with Crippen LogP contribution in [-0.4, -0.2) is 218 Å². The molecule has 0 radical (unpaired) electrons. The smallest absolute Gasteiger partial charge is 0.426 e. The first-order valence-electron chi connectivity index (χ1n) is 38.3. The maximum atomic E-state index is 15.0. The van der Waals surface area contributed by atoms with Crippen LogP contribution in [0.3, 0.4) is 0 Å². The number of carbonyl (C=O) groups is 14. The number of rotatable bonds is 48. The summed E-state index contributed by atoms with van der Waals surface area (Å²) in [6.45, 7) is 17.6. The Hall–Kier alpha value is -9.29. The van der Waals surface area contributed by atoms with E-state index < -0.39 is 139 Å². The van der Waals surface area contributed by atoms with Gasteiger partial charge in [-0.05, 0) is 156 Å². The number of esters is 1. The van der Waals surface area contributed by atoms with Gasteiger partial charge in [-0.15, -0.1) is 11.8 Å². The summed E-state index contributed by atoms with van der Waals surface area (Å²) in [6.07, 6.45) is 2.98. The van der Waals surface area contributed by atoms with Gasteiger partial charge in [-0.3, -0.25) is 53.5 Å². The quantitative estimate of drug-likeness (QED) is 0.0103. The Balaban J connectivity index is 1.29. The molecule has 0 aliphatic carbocycles. The zero-order valence-electron chi connectivity index (χ0n) is 66.1. The Morgan fingerprint density at radius 2 is 1.32 bits per heavy atom. The normalized spacial score (nSPS) is 16.6. The van der Waals surface area contributed by atoms with Gasteiger partial charge in [0, 0.05) is 66.9 Å². The van der Waals surface area contributed by atoms with Crippen LogP contribution in [0.25, 0.3) is 0 Å². The van der Waals surface area contributed by atoms with E-state index >= 15 is 4.79 Å². The molecule has 15 N–H and O–H groups in total. The van der Waals surface area contributed by atoms with Gasteiger partial charge in [0.1, 0.15) is 42.6 Å². The van der Waals surface area contributed by atoms with Gasteiger partial charge < -0.3 is 82.4 Å². The lowest BCUT2D eigenvalue weighted by atomic mass is 9.89. The van der Waals surface area contributed by atoms with Gasteiger partial charge in [-0.25, -0.2) is 29.4 Å². The van der Waals surface area contributed by atoms with Crippen molar-refractivity contribution in [2.75, 3.05) is 45.0 Å². The van der Waals surface area contributed by atoms with E-state index in [2.05, 4.69) is 55.0 Å². The maximum Gasteiger partial charge on any atom is 0.426 e. The molecular formula is C77H116N12O21S3. The van der Waals surface area contributed by atoms with Crippen molar-refractivity contribution < 1.29 is 102 Å². The highest BCUT2D eigenvalue weighted by Gasteiger charge is 2.40. The standard InChI is InChI=1S/C77H116N12O21S3/c1-11-20-64(95)110-44-89(72(101)65(46(5)12-2)85-71(100)60-24-17-19-34-88(60)10)61(45(3)4)38-48(7)66-47(6)25-28-53(43-111-66)68(97)80-54(39-52-26-29-55(90)30-27-52)37-49(8)67(96)86-87-77(108)109-35-36-112-113-42-50(9)79-69(98)58(40-51-21-14-13-15-22-51)81-70(99)59(41-63(93)94)84-75(106)78-33-18-16-23-56(73(102)103)82-76(107)83-57(74(104)105)31-32-62(91)92/h13-15,21-22,26-27,29-30,43,45-46,48-50,54,56-61,65,90H,11-12,16-20,23-25,28,31-42,44H2,1-10H3,(H,79,98)(H,80,97)(H,81,99)(H,85,100)(H,86,96)(H,87,108)(H,91,92)(H,93,94)(H,102,103)(H,104,105)(H2,78,84,106)(H2,82,83,107). The Morgan fingerprint density at radius 1 is 0.664 bits per heavy atom. The first kappa shape index (κ1) is 96.1. The summed E-state index contributed by atoms with van der Waals surface area (Å²) in [5.74, 6) is -9.75. The van der Waals surface area contributed by atoms with Crippen LogP contribution < -0.4 is 53.4 Å². The van der Waals surface area contributed by atoms with Crippen LogP contribution in [0.5, 0.6) is 5.75 Å². The number of thioether (sulfide) groups is 1. The number of ether oxygens (including phenoxy) is 2. The molecule has 0 bridgehead atoms. The summed E-state index contributed by atoms with van der Waals surface area (Å²) in [5, 5.41) is 70.0. The van der Waals surface area contributed by atoms with Crippen molar-refractivity contribution in [2.24, 2.45) is 23.7 Å². The molecular weight excluding hydrogens is 1530 g/mol. The minimum absolute atomic E-state index is 0.0310. The van der Waals surface area contributed by atoms with Crippen molar-refractivity contribution in [3.05, 3.63) is 87.2 Å². The molecule has 4 rings (SSSR count). The van der Waals surface area contributed by atoms with Crippen LogP contribution in [0, 0.1) is 23.7 Å². The van der Waals surface area contributed by atoms with Crippen molar-refractivity contribution in [1.82, 2.24) is 63.2 Å². The van der Waals surface area contributed by atoms with E-state index in [1.807, 2.05) is 64.2 Å². The van der Waals surface area contributed by atoms with Crippen LogP contribution in [0.1, 0.15) is 176 Å². The molecule has 12 unspecified atom stereocenters. The summed E-state index contributed by atoms with van der Waals surface area (Å²) in [7, 11) is 4.57. The monoisotopic (exact) mass is 1640 g/mol. The van der Waals surface area contributed by atoms with E-state index in [-0.39, 0.29) is 118 Å². The lowest BCUT2D eigenvalue weighted by molar-refractivity contribution is -0.159. The molecule has 33 nitrogen and oxygen atoms in total. The predicted molar refractivity (Wildman–Crippen MR) is 427 cm³/mol. The summed E-state index contributed by atoms with van der Waals surface area (Å²) < 4.78 is 11.1. The zero-order chi connectivity index (χ0) is 83.9. The number of carboxylic acids is 4. The number of phenols is 1. The van der Waals surface area contributed by atoms with Gasteiger partial charge in [0.05, 0.1) is 12.5 Å². The molecule has 0 spiro atoms. The van der Waals surface area contributed by atoms with Crippen molar-refractivity contribution in [3.8, 4) is 5.75 Å². The topological polar surface area (TPSA) is 485 Å². The lowest BCUT2D eigenvalue weighted by Crippen LogP contribution is -2.59. The number of aromatic hydroxyl groups is 1. The highest BCUT2D eigenvalue weighted by atomic mass is 33.1. The molecule has 2 aromatic carbocycles. The molecule has 113 heavy (non-hydrogen) atoms. The number of nitrogens with zero attached hydrogens (tertiary/aromatic N) is 2. The van der Waals surface area contributed by atoms with E-state index in [9.17, 15) is 82.8 Å². The molecule has 2 aliphatic rings. The predicted octanol–water partition coefficient (Wildman–Crippen LogP) is 7.08. The van der Waals surface area contributed by atoms with Crippen LogP contribution in [0.2, 0.25) is 0 Å². The number of urea groups is 2. The van der Waals surface area contributed by atoms with Crippen molar-refractivity contribution in [1.29, 1.82) is 0 Å². The second kappa shape index (κ2) is 50.7. The Kier molecular flexibility index (Phi) is 43.1. The zero-order valence-corrected chi connectivity index (χ0v) is 68.6. The van der Waals surface area contributed by atoms with E-state index in [0.29, 0.717) is 55.4 Å². The number of benzene rings is 2. The number of carbonyl (C=O) groups excluding carboxylic acids is 10. The Bertz CT molecular complexity index is 3580. The average Bonchev–Trinajstić information content (AvgIpc) is 1.75. The molecule has 12 atom stereocenters. The fourth-order valence-corrected chi connectivity index (χ4v) is 15.9. The van der Waals surface area contributed by atoms with Crippen LogP contribution in [-0.2, 0) is 75.1 Å². The summed E-state index contributed by atoms with van der Waals surface area (Å²) in [5.41, 5.74) is 7.68. The fraction of sp³-hybridized carbons (Fsp3) is 0.610. The number of hydrogen-bond donors (Lipinski definition) is 15. The first-order chi connectivity index (χ1) is 53.6. The summed E-state index contributed by atoms with van der Waals surface area (Å²) in [4.78, 5) is 186. The lowest BCUT2D eigenvalue weighted by Gasteiger charge is -2.40. The molecule has 36 heteroatoms.